The Labute approximate surface area is 80.9 Å². The summed E-state index contributed by atoms with van der Waals surface area (Å²) in [6.45, 7) is 7.03. The Morgan fingerprint density at radius 1 is 1.42 bits per heavy atom. The molecule has 0 aromatic rings. The highest BCUT2D eigenvalue weighted by Gasteiger charge is 2.31. The first-order valence-electron chi connectivity index (χ1n) is 4.73. The van der Waals surface area contributed by atoms with Crippen LogP contribution in [-0.4, -0.2) is 11.5 Å². The van der Waals surface area contributed by atoms with Crippen LogP contribution in [0.3, 0.4) is 0 Å². The van der Waals surface area contributed by atoms with Gasteiger partial charge in [0.1, 0.15) is 0 Å². The van der Waals surface area contributed by atoms with Gasteiger partial charge in [-0.1, -0.05) is 33.0 Å². The van der Waals surface area contributed by atoms with Gasteiger partial charge < -0.3 is 5.32 Å². The lowest BCUT2D eigenvalue weighted by Gasteiger charge is -2.38. The topological polar surface area (TPSA) is 12.0 Å². The van der Waals surface area contributed by atoms with E-state index in [0.717, 1.165) is 5.92 Å². The van der Waals surface area contributed by atoms with Gasteiger partial charge in [0.25, 0.3) is 0 Å². The zero-order valence-corrected chi connectivity index (χ0v) is 9.08. The Balaban J connectivity index is 2.51. The molecule has 0 aromatic heterocycles. The van der Waals surface area contributed by atoms with Crippen molar-refractivity contribution >= 4 is 17.7 Å². The second-order valence-electron chi connectivity index (χ2n) is 4.89. The van der Waals surface area contributed by atoms with Gasteiger partial charge in [-0.3, -0.25) is 0 Å². The van der Waals surface area contributed by atoms with E-state index in [9.17, 15) is 0 Å². The van der Waals surface area contributed by atoms with Crippen LogP contribution < -0.4 is 5.32 Å². The number of hydrogen-bond acceptors (Lipinski definition) is 1. The molecule has 0 bridgehead atoms. The van der Waals surface area contributed by atoms with Crippen LogP contribution >= 0.6 is 12.2 Å². The quantitative estimate of drug-likeness (QED) is 0.664. The van der Waals surface area contributed by atoms with Crippen molar-refractivity contribution in [2.45, 2.75) is 46.1 Å². The van der Waals surface area contributed by atoms with Crippen LogP contribution in [0.5, 0.6) is 0 Å². The first-order chi connectivity index (χ1) is 5.53. The number of nitrogens with one attached hydrogen (secondary N) is 1. The molecule has 2 atom stereocenters. The predicted octanol–water partition coefficient (Wildman–Crippen LogP) is 2.75. The lowest BCUT2D eigenvalue weighted by Crippen LogP contribution is -2.39. The van der Waals surface area contributed by atoms with Gasteiger partial charge in [0.05, 0.1) is 5.49 Å². The Kier molecular flexibility index (Phi) is 3.10. The van der Waals surface area contributed by atoms with Crippen molar-refractivity contribution in [2.75, 3.05) is 0 Å². The lowest BCUT2D eigenvalue weighted by atomic mass is 9.71. The third-order valence-corrected chi connectivity index (χ3v) is 2.83. The van der Waals surface area contributed by atoms with E-state index in [1.54, 1.807) is 5.49 Å². The molecule has 1 fully saturated rings. The molecule has 70 valence electrons. The summed E-state index contributed by atoms with van der Waals surface area (Å²) < 4.78 is 0. The van der Waals surface area contributed by atoms with Crippen LogP contribution in [0.4, 0.5) is 0 Å². The Morgan fingerprint density at radius 3 is 2.58 bits per heavy atom. The summed E-state index contributed by atoms with van der Waals surface area (Å²) in [4.78, 5) is 0. The minimum Gasteiger partial charge on any atom is -0.379 e. The van der Waals surface area contributed by atoms with E-state index in [-0.39, 0.29) is 0 Å². The number of hydrogen-bond donors (Lipinski definition) is 1. The number of rotatable bonds is 2. The maximum absolute atomic E-state index is 4.81. The summed E-state index contributed by atoms with van der Waals surface area (Å²) in [6, 6.07) is 0.612. The predicted molar refractivity (Wildman–Crippen MR) is 57.4 cm³/mol. The zero-order valence-electron chi connectivity index (χ0n) is 8.26. The molecule has 0 saturated heterocycles. The summed E-state index contributed by atoms with van der Waals surface area (Å²) in [5.74, 6) is 0.834. The lowest BCUT2D eigenvalue weighted by molar-refractivity contribution is 0.162. The fourth-order valence-electron chi connectivity index (χ4n) is 2.57. The molecule has 0 heterocycles. The van der Waals surface area contributed by atoms with Gasteiger partial charge in [0.2, 0.25) is 0 Å². The van der Waals surface area contributed by atoms with Gasteiger partial charge in [0, 0.05) is 6.04 Å². The van der Waals surface area contributed by atoms with Gasteiger partial charge in [-0.2, -0.15) is 0 Å². The standard InChI is InChI=1S/C10H19NS/c1-8-4-9(11-7-12)6-10(2,3)5-8/h7-9H,4-6H2,1-3H3,(H,11,12). The van der Waals surface area contributed by atoms with Crippen molar-refractivity contribution < 1.29 is 0 Å². The summed E-state index contributed by atoms with van der Waals surface area (Å²) in [6.07, 6.45) is 3.88. The highest BCUT2D eigenvalue weighted by atomic mass is 32.1. The van der Waals surface area contributed by atoms with Gasteiger partial charge in [0.15, 0.2) is 0 Å². The third kappa shape index (κ3) is 2.74. The van der Waals surface area contributed by atoms with Crippen molar-refractivity contribution in [3.63, 3.8) is 0 Å². The molecule has 1 aliphatic carbocycles. The largest absolute Gasteiger partial charge is 0.379 e. The Morgan fingerprint density at radius 2 is 2.08 bits per heavy atom. The average Bonchev–Trinajstić information content (AvgIpc) is 1.82. The smallest absolute Gasteiger partial charge is 0.0617 e. The molecule has 1 saturated carbocycles. The summed E-state index contributed by atoms with van der Waals surface area (Å²) in [5, 5.41) is 3.26. The molecule has 0 amide bonds. The second kappa shape index (κ2) is 3.73. The fraction of sp³-hybridized carbons (Fsp3) is 0.900. The molecule has 2 unspecified atom stereocenters. The van der Waals surface area contributed by atoms with Gasteiger partial charge in [-0.15, -0.1) is 0 Å². The zero-order chi connectivity index (χ0) is 9.19. The van der Waals surface area contributed by atoms with Gasteiger partial charge in [-0.05, 0) is 30.6 Å². The van der Waals surface area contributed by atoms with Crippen molar-refractivity contribution in [1.29, 1.82) is 0 Å². The average molecular weight is 185 g/mol. The van der Waals surface area contributed by atoms with Gasteiger partial charge >= 0.3 is 0 Å². The maximum Gasteiger partial charge on any atom is 0.0617 e. The van der Waals surface area contributed by atoms with E-state index < -0.39 is 0 Å². The first kappa shape index (κ1) is 9.97. The molecule has 1 rings (SSSR count). The molecule has 1 aliphatic rings. The van der Waals surface area contributed by atoms with Crippen molar-refractivity contribution in [1.82, 2.24) is 5.32 Å². The molecule has 0 spiro atoms. The van der Waals surface area contributed by atoms with Crippen molar-refractivity contribution in [2.24, 2.45) is 11.3 Å². The molecule has 1 N–H and O–H groups in total. The SMILES string of the molecule is CC1CC(NC=S)CC(C)(C)C1. The summed E-state index contributed by atoms with van der Waals surface area (Å²) in [7, 11) is 0. The molecular formula is C10H19NS. The number of thiocarbonyl (C=S) groups is 1. The van der Waals surface area contributed by atoms with Crippen LogP contribution in [0.1, 0.15) is 40.0 Å². The Hall–Kier alpha value is -0.110. The van der Waals surface area contributed by atoms with E-state index in [1.807, 2.05) is 0 Å². The molecule has 0 aromatic carbocycles. The van der Waals surface area contributed by atoms with Crippen LogP contribution in [0, 0.1) is 11.3 Å². The van der Waals surface area contributed by atoms with Crippen molar-refractivity contribution in [3.8, 4) is 0 Å². The summed E-state index contributed by atoms with van der Waals surface area (Å²) in [5.41, 5.74) is 2.16. The van der Waals surface area contributed by atoms with E-state index in [0.29, 0.717) is 11.5 Å². The van der Waals surface area contributed by atoms with Crippen LogP contribution in [0.25, 0.3) is 0 Å². The van der Waals surface area contributed by atoms with Crippen LogP contribution in [0.15, 0.2) is 0 Å². The van der Waals surface area contributed by atoms with E-state index in [1.165, 1.54) is 19.3 Å². The van der Waals surface area contributed by atoms with Crippen molar-refractivity contribution in [3.05, 3.63) is 0 Å². The van der Waals surface area contributed by atoms with Crippen LogP contribution in [0.2, 0.25) is 0 Å². The maximum atomic E-state index is 4.81. The van der Waals surface area contributed by atoms with E-state index in [4.69, 9.17) is 12.2 Å². The minimum absolute atomic E-state index is 0.494. The molecule has 0 radical (unpaired) electrons. The fourth-order valence-corrected chi connectivity index (χ4v) is 2.76. The summed E-state index contributed by atoms with van der Waals surface area (Å²) >= 11 is 4.81. The van der Waals surface area contributed by atoms with Crippen LogP contribution in [-0.2, 0) is 0 Å². The van der Waals surface area contributed by atoms with E-state index >= 15 is 0 Å². The second-order valence-corrected chi connectivity index (χ2v) is 5.13. The Bertz CT molecular complexity index is 165. The molecule has 0 aliphatic heterocycles. The third-order valence-electron chi connectivity index (χ3n) is 2.69. The minimum atomic E-state index is 0.494. The van der Waals surface area contributed by atoms with E-state index in [2.05, 4.69) is 26.1 Å². The highest BCUT2D eigenvalue weighted by Crippen LogP contribution is 2.38. The molecule has 1 nitrogen and oxygen atoms in total. The monoisotopic (exact) mass is 185 g/mol. The molecule has 12 heavy (non-hydrogen) atoms. The molecule has 2 heteroatoms. The normalized spacial score (nSPS) is 34.2. The first-order valence-corrected chi connectivity index (χ1v) is 5.20. The molecular weight excluding hydrogens is 166 g/mol. The van der Waals surface area contributed by atoms with Gasteiger partial charge in [-0.25, -0.2) is 0 Å². The highest BCUT2D eigenvalue weighted by molar-refractivity contribution is 7.78.